The lowest BCUT2D eigenvalue weighted by Crippen LogP contribution is -2.41. The summed E-state index contributed by atoms with van der Waals surface area (Å²) < 4.78 is 111. The molecular weight excluding hydrogens is 294 g/mol. The maximum absolute atomic E-state index is 11.3. The average Bonchev–Trinajstić information content (AvgIpc) is 2.15. The van der Waals surface area contributed by atoms with Gasteiger partial charge in [0, 0.05) is 0 Å². The van der Waals surface area contributed by atoms with Gasteiger partial charge in [-0.1, -0.05) is 0 Å². The molecule has 18 heavy (non-hydrogen) atoms. The molecule has 0 aliphatic carbocycles. The lowest BCUT2D eigenvalue weighted by molar-refractivity contribution is -0.328. The van der Waals surface area contributed by atoms with E-state index in [0.717, 1.165) is 0 Å². The van der Waals surface area contributed by atoms with Crippen molar-refractivity contribution in [3.63, 3.8) is 0 Å². The Morgan fingerprint density at radius 1 is 0.722 bits per heavy atom. The number of hydrogen-bond donors (Lipinski definition) is 2. The Labute approximate surface area is 92.8 Å². The molecule has 0 fully saturated rings. The van der Waals surface area contributed by atoms with Crippen LogP contribution in [0, 0.1) is 0 Å². The van der Waals surface area contributed by atoms with E-state index in [-0.39, 0.29) is 0 Å². The van der Waals surface area contributed by atoms with E-state index in [9.17, 15) is 43.9 Å². The van der Waals surface area contributed by atoms with Gasteiger partial charge in [0.15, 0.2) is 6.67 Å². The Bertz CT molecular complexity index is 216. The van der Waals surface area contributed by atoms with Crippen LogP contribution in [0.4, 0.5) is 43.9 Å². The molecule has 0 aromatic rings. The van der Waals surface area contributed by atoms with Crippen LogP contribution in [-0.4, -0.2) is 47.6 Å². The molecule has 0 radical (unpaired) electrons. The summed E-state index contributed by atoms with van der Waals surface area (Å²) >= 11 is 0. The minimum Gasteiger partial charge on any atom is -0.390 e. The molecule has 0 unspecified atom stereocenters. The monoisotopic (exact) mass is 300 g/mol. The predicted molar refractivity (Wildman–Crippen MR) is 36.2 cm³/mol. The smallest absolute Gasteiger partial charge is 0.390 e. The molecule has 112 valence electrons. The zero-order valence-electron chi connectivity index (χ0n) is 8.09. The third kappa shape index (κ3) is 5.71. The van der Waals surface area contributed by atoms with Crippen LogP contribution in [0.15, 0.2) is 0 Å². The molecule has 0 bridgehead atoms. The second-order valence-electron chi connectivity index (χ2n) is 2.74. The fourth-order valence-corrected chi connectivity index (χ4v) is 0.170. The summed E-state index contributed by atoms with van der Waals surface area (Å²) in [5, 5.41) is 14.7. The van der Waals surface area contributed by atoms with Gasteiger partial charge in [0.05, 0.1) is 0 Å². The fraction of sp³-hybridized carbons (Fsp3) is 1.00. The first kappa shape index (κ1) is 19.6. The molecule has 0 aliphatic heterocycles. The summed E-state index contributed by atoms with van der Waals surface area (Å²) in [5.74, 6) is -9.93. The van der Waals surface area contributed by atoms with Crippen molar-refractivity contribution >= 4 is 0 Å². The molecule has 0 aromatic carbocycles. The highest BCUT2D eigenvalue weighted by molar-refractivity contribution is 4.73. The molecule has 0 atom stereocenters. The van der Waals surface area contributed by atoms with Gasteiger partial charge in [-0.15, -0.1) is 0 Å². The van der Waals surface area contributed by atoms with Crippen LogP contribution in [0.5, 0.6) is 0 Å². The van der Waals surface area contributed by atoms with E-state index >= 15 is 0 Å². The van der Waals surface area contributed by atoms with Crippen molar-refractivity contribution in [1.29, 1.82) is 0 Å². The van der Waals surface area contributed by atoms with Gasteiger partial charge in [0.1, 0.15) is 6.61 Å². The summed E-state index contributed by atoms with van der Waals surface area (Å²) in [7, 11) is 0. The molecular formula is C6H6F10O2. The molecule has 0 aliphatic rings. The predicted octanol–water partition coefficient (Wildman–Crippen LogP) is 2.35. The molecule has 0 aromatic heterocycles. The van der Waals surface area contributed by atoms with Crippen LogP contribution < -0.4 is 0 Å². The van der Waals surface area contributed by atoms with Crippen LogP contribution in [0.3, 0.4) is 0 Å². The van der Waals surface area contributed by atoms with Crippen molar-refractivity contribution < 1.29 is 54.1 Å². The third-order valence-electron chi connectivity index (χ3n) is 1.22. The molecule has 0 heterocycles. The second kappa shape index (κ2) is 5.91. The van der Waals surface area contributed by atoms with Gasteiger partial charge in [0.25, 0.3) is 0 Å². The van der Waals surface area contributed by atoms with Crippen LogP contribution >= 0.6 is 0 Å². The maximum atomic E-state index is 11.3. The first-order chi connectivity index (χ1) is 7.62. The molecule has 0 spiro atoms. The zero-order valence-corrected chi connectivity index (χ0v) is 8.09. The highest BCUT2D eigenvalue weighted by Gasteiger charge is 2.57. The Hall–Kier alpha value is -0.780. The summed E-state index contributed by atoms with van der Waals surface area (Å²) in [6, 6.07) is 0. The topological polar surface area (TPSA) is 40.5 Å². The first-order valence-electron chi connectivity index (χ1n) is 3.72. The fourth-order valence-electron chi connectivity index (χ4n) is 0.170. The molecule has 0 saturated carbocycles. The lowest BCUT2D eigenvalue weighted by Gasteiger charge is -2.16. The minimum absolute atomic E-state index is 2.20. The van der Waals surface area contributed by atoms with Crippen molar-refractivity contribution in [2.24, 2.45) is 0 Å². The maximum Gasteiger partial charge on any atom is 0.455 e. The third-order valence-corrected chi connectivity index (χ3v) is 1.22. The minimum atomic E-state index is -5.64. The summed E-state index contributed by atoms with van der Waals surface area (Å²) in [5.41, 5.74) is 0. The van der Waals surface area contributed by atoms with E-state index < -0.39 is 37.4 Å². The lowest BCUT2D eigenvalue weighted by atomic mass is 10.3. The van der Waals surface area contributed by atoms with Crippen LogP contribution in [0.1, 0.15) is 0 Å². The summed E-state index contributed by atoms with van der Waals surface area (Å²) in [6.45, 7) is -4.77. The number of alkyl halides is 10. The number of halogens is 10. The first-order valence-corrected chi connectivity index (χ1v) is 3.72. The standard InChI is InChI=1S/2C3H3F5O/c4-2(5,1-9)3(6,7)8;4-1-2(5,6)3(7,8)9/h2*9H,1H2. The van der Waals surface area contributed by atoms with E-state index in [4.69, 9.17) is 10.2 Å². The zero-order chi connectivity index (χ0) is 15.4. The average molecular weight is 300 g/mol. The van der Waals surface area contributed by atoms with E-state index in [0.29, 0.717) is 0 Å². The van der Waals surface area contributed by atoms with Gasteiger partial charge in [-0.2, -0.15) is 39.5 Å². The Morgan fingerprint density at radius 3 is 1.06 bits per heavy atom. The molecule has 12 heteroatoms. The number of rotatable bonds is 3. The van der Waals surface area contributed by atoms with Gasteiger partial charge >= 0.3 is 24.1 Å². The van der Waals surface area contributed by atoms with Crippen molar-refractivity contribution in [1.82, 2.24) is 0 Å². The number of aliphatic hydroxyl groups is 2. The number of aliphatic hydroxyl groups excluding tert-OH is 1. The molecule has 0 amide bonds. The van der Waals surface area contributed by atoms with Crippen molar-refractivity contribution in [3.8, 4) is 0 Å². The van der Waals surface area contributed by atoms with Gasteiger partial charge in [-0.25, -0.2) is 4.39 Å². The van der Waals surface area contributed by atoms with Crippen molar-refractivity contribution in [2.45, 2.75) is 24.1 Å². The Balaban J connectivity index is 0. The molecule has 2 nitrogen and oxygen atoms in total. The Kier molecular flexibility index (Phi) is 6.42. The second-order valence-corrected chi connectivity index (χ2v) is 2.74. The van der Waals surface area contributed by atoms with Gasteiger partial charge in [-0.3, -0.25) is 0 Å². The molecule has 0 rings (SSSR count). The highest BCUT2D eigenvalue weighted by Crippen LogP contribution is 2.34. The van der Waals surface area contributed by atoms with Crippen LogP contribution in [-0.2, 0) is 0 Å². The SMILES string of the molecule is OC(F)(F)C(F)(F)CF.OCC(F)(F)C(F)(F)F. The van der Waals surface area contributed by atoms with E-state index in [1.807, 2.05) is 0 Å². The largest absolute Gasteiger partial charge is 0.455 e. The van der Waals surface area contributed by atoms with E-state index in [2.05, 4.69) is 0 Å². The van der Waals surface area contributed by atoms with E-state index in [1.54, 1.807) is 0 Å². The van der Waals surface area contributed by atoms with Crippen molar-refractivity contribution in [3.05, 3.63) is 0 Å². The van der Waals surface area contributed by atoms with Gasteiger partial charge in [0.2, 0.25) is 0 Å². The van der Waals surface area contributed by atoms with Crippen LogP contribution in [0.25, 0.3) is 0 Å². The highest BCUT2D eigenvalue weighted by atomic mass is 19.4. The van der Waals surface area contributed by atoms with Gasteiger partial charge < -0.3 is 10.2 Å². The molecule has 2 N–H and O–H groups in total. The number of hydrogen-bond acceptors (Lipinski definition) is 2. The summed E-state index contributed by atoms with van der Waals surface area (Å²) in [6.07, 6.45) is -10.9. The summed E-state index contributed by atoms with van der Waals surface area (Å²) in [4.78, 5) is 0. The quantitative estimate of drug-likeness (QED) is 0.786. The normalized spacial score (nSPS) is 14.0. The van der Waals surface area contributed by atoms with E-state index in [1.165, 1.54) is 0 Å². The van der Waals surface area contributed by atoms with Crippen LogP contribution in [0.2, 0.25) is 0 Å². The van der Waals surface area contributed by atoms with Gasteiger partial charge in [-0.05, 0) is 0 Å². The molecule has 0 saturated heterocycles. The van der Waals surface area contributed by atoms with Crippen molar-refractivity contribution in [2.75, 3.05) is 13.3 Å². The Morgan fingerprint density at radius 2 is 1.06 bits per heavy atom.